The quantitative estimate of drug-likeness (QED) is 0.558. The van der Waals surface area contributed by atoms with Crippen molar-refractivity contribution in [2.45, 2.75) is 26.7 Å². The van der Waals surface area contributed by atoms with Crippen LogP contribution in [0.3, 0.4) is 0 Å². The van der Waals surface area contributed by atoms with Gasteiger partial charge in [0.05, 0.1) is 6.54 Å². The highest BCUT2D eigenvalue weighted by Crippen LogP contribution is 2.22. The lowest BCUT2D eigenvalue weighted by molar-refractivity contribution is -0.115. The minimum Gasteiger partial charge on any atom is -0.363 e. The van der Waals surface area contributed by atoms with Gasteiger partial charge in [0.1, 0.15) is 0 Å². The maximum atomic E-state index is 11.8. The highest BCUT2D eigenvalue weighted by Gasteiger charge is 2.07. The second-order valence-corrected chi connectivity index (χ2v) is 5.24. The van der Waals surface area contributed by atoms with Gasteiger partial charge in [-0.25, -0.2) is 0 Å². The Labute approximate surface area is 130 Å². The fourth-order valence-electron chi connectivity index (χ4n) is 1.54. The molecule has 0 heterocycles. The molecule has 3 N–H and O–H groups in total. The molecule has 0 fully saturated rings. The van der Waals surface area contributed by atoms with Crippen LogP contribution in [0, 0.1) is 6.92 Å². The van der Waals surface area contributed by atoms with Crippen LogP contribution >= 0.6 is 23.8 Å². The van der Waals surface area contributed by atoms with Gasteiger partial charge < -0.3 is 16.0 Å². The predicted octanol–water partition coefficient (Wildman–Crippen LogP) is 2.85. The van der Waals surface area contributed by atoms with E-state index in [4.69, 9.17) is 23.8 Å². The van der Waals surface area contributed by atoms with Crippen LogP contribution in [-0.2, 0) is 4.79 Å². The maximum absolute atomic E-state index is 11.8. The van der Waals surface area contributed by atoms with Crippen LogP contribution in [-0.4, -0.2) is 24.1 Å². The molecular formula is C14H20ClN3OS. The second-order valence-electron chi connectivity index (χ2n) is 4.42. The molecule has 0 unspecified atom stereocenters. The van der Waals surface area contributed by atoms with E-state index in [9.17, 15) is 4.79 Å². The number of hydrogen-bond acceptors (Lipinski definition) is 2. The molecule has 1 amide bonds. The third-order valence-corrected chi connectivity index (χ3v) is 3.47. The average molecular weight is 314 g/mol. The van der Waals surface area contributed by atoms with Crippen LogP contribution in [0.5, 0.6) is 0 Å². The zero-order chi connectivity index (χ0) is 15.0. The molecule has 0 aliphatic carbocycles. The van der Waals surface area contributed by atoms with E-state index in [0.29, 0.717) is 15.8 Å². The summed E-state index contributed by atoms with van der Waals surface area (Å²) in [5, 5.41) is 9.84. The van der Waals surface area contributed by atoms with Gasteiger partial charge in [0.15, 0.2) is 5.11 Å². The third-order valence-electron chi connectivity index (χ3n) is 2.77. The van der Waals surface area contributed by atoms with Gasteiger partial charge in [-0.2, -0.15) is 0 Å². The molecule has 0 aromatic heterocycles. The molecule has 4 nitrogen and oxygen atoms in total. The smallest absolute Gasteiger partial charge is 0.243 e. The summed E-state index contributed by atoms with van der Waals surface area (Å²) in [6.07, 6.45) is 2.15. The molecule has 0 bridgehead atoms. The minimum atomic E-state index is -0.157. The Kier molecular flexibility index (Phi) is 7.33. The Balaban J connectivity index is 2.37. The summed E-state index contributed by atoms with van der Waals surface area (Å²) in [5.74, 6) is -0.157. The lowest BCUT2D eigenvalue weighted by Gasteiger charge is -2.12. The Hall–Kier alpha value is -1.33. The summed E-state index contributed by atoms with van der Waals surface area (Å²) in [4.78, 5) is 11.8. The molecule has 1 aromatic rings. The van der Waals surface area contributed by atoms with Crippen molar-refractivity contribution >= 4 is 40.5 Å². The second kappa shape index (κ2) is 8.76. The number of halogens is 1. The number of benzene rings is 1. The Bertz CT molecular complexity index is 479. The van der Waals surface area contributed by atoms with E-state index >= 15 is 0 Å². The fraction of sp³-hybridized carbons (Fsp3) is 0.429. The van der Waals surface area contributed by atoms with Gasteiger partial charge in [0.2, 0.25) is 5.91 Å². The van der Waals surface area contributed by atoms with Gasteiger partial charge in [-0.15, -0.1) is 0 Å². The van der Waals surface area contributed by atoms with E-state index in [-0.39, 0.29) is 12.5 Å². The van der Waals surface area contributed by atoms with E-state index in [0.717, 1.165) is 24.9 Å². The first-order valence-electron chi connectivity index (χ1n) is 6.61. The van der Waals surface area contributed by atoms with Crippen molar-refractivity contribution in [1.82, 2.24) is 10.6 Å². The highest BCUT2D eigenvalue weighted by atomic mass is 35.5. The largest absolute Gasteiger partial charge is 0.363 e. The zero-order valence-electron chi connectivity index (χ0n) is 11.8. The molecule has 110 valence electrons. The molecule has 1 rings (SSSR count). The molecule has 0 radical (unpaired) electrons. The summed E-state index contributed by atoms with van der Waals surface area (Å²) in [5.41, 5.74) is 1.57. The maximum Gasteiger partial charge on any atom is 0.243 e. The number of hydrogen-bond donors (Lipinski definition) is 3. The number of carbonyl (C=O) groups excluding carboxylic acids is 1. The Morgan fingerprint density at radius 3 is 2.80 bits per heavy atom. The van der Waals surface area contributed by atoms with Crippen molar-refractivity contribution in [2.24, 2.45) is 0 Å². The van der Waals surface area contributed by atoms with E-state index < -0.39 is 0 Å². The molecular weight excluding hydrogens is 294 g/mol. The topological polar surface area (TPSA) is 53.2 Å². The molecule has 1 aromatic carbocycles. The van der Waals surface area contributed by atoms with Gasteiger partial charge in [-0.05, 0) is 43.3 Å². The van der Waals surface area contributed by atoms with Crippen LogP contribution in [0.1, 0.15) is 25.3 Å². The standard InChI is InChI=1S/C14H20ClN3OS/c1-3-4-8-16-14(20)17-9-13(19)18-12-7-5-6-11(15)10(12)2/h5-7H,3-4,8-9H2,1-2H3,(H,18,19)(H2,16,17,20). The van der Waals surface area contributed by atoms with Crippen molar-refractivity contribution in [3.05, 3.63) is 28.8 Å². The first kappa shape index (κ1) is 16.7. The SMILES string of the molecule is CCCCNC(=S)NCC(=O)Nc1cccc(Cl)c1C. The van der Waals surface area contributed by atoms with Crippen molar-refractivity contribution in [2.75, 3.05) is 18.4 Å². The van der Waals surface area contributed by atoms with Crippen molar-refractivity contribution in [3.8, 4) is 0 Å². The Morgan fingerprint density at radius 1 is 1.35 bits per heavy atom. The first-order chi connectivity index (χ1) is 9.54. The Morgan fingerprint density at radius 2 is 2.10 bits per heavy atom. The predicted molar refractivity (Wildman–Crippen MR) is 88.3 cm³/mol. The van der Waals surface area contributed by atoms with Crippen LogP contribution < -0.4 is 16.0 Å². The summed E-state index contributed by atoms with van der Waals surface area (Å²) < 4.78 is 0. The van der Waals surface area contributed by atoms with Gasteiger partial charge >= 0.3 is 0 Å². The van der Waals surface area contributed by atoms with Crippen molar-refractivity contribution in [1.29, 1.82) is 0 Å². The molecule has 0 aliphatic heterocycles. The highest BCUT2D eigenvalue weighted by molar-refractivity contribution is 7.80. The fourth-order valence-corrected chi connectivity index (χ4v) is 1.89. The van der Waals surface area contributed by atoms with E-state index in [2.05, 4.69) is 22.9 Å². The van der Waals surface area contributed by atoms with E-state index in [1.54, 1.807) is 12.1 Å². The number of amides is 1. The van der Waals surface area contributed by atoms with Gasteiger partial charge in [0.25, 0.3) is 0 Å². The summed E-state index contributed by atoms with van der Waals surface area (Å²) >= 11 is 11.1. The summed E-state index contributed by atoms with van der Waals surface area (Å²) in [6, 6.07) is 5.41. The normalized spacial score (nSPS) is 9.95. The van der Waals surface area contributed by atoms with Crippen molar-refractivity contribution < 1.29 is 4.79 Å². The number of thiocarbonyl (C=S) groups is 1. The molecule has 0 aliphatic rings. The molecule has 20 heavy (non-hydrogen) atoms. The number of nitrogens with one attached hydrogen (secondary N) is 3. The van der Waals surface area contributed by atoms with Crippen LogP contribution in [0.2, 0.25) is 5.02 Å². The molecule has 0 saturated carbocycles. The number of rotatable bonds is 6. The zero-order valence-corrected chi connectivity index (χ0v) is 13.3. The summed E-state index contributed by atoms with van der Waals surface area (Å²) in [7, 11) is 0. The number of unbranched alkanes of at least 4 members (excludes halogenated alkanes) is 1. The van der Waals surface area contributed by atoms with Gasteiger partial charge in [0, 0.05) is 17.3 Å². The van der Waals surface area contributed by atoms with Crippen LogP contribution in [0.25, 0.3) is 0 Å². The number of anilines is 1. The minimum absolute atomic E-state index is 0.129. The number of carbonyl (C=O) groups is 1. The van der Waals surface area contributed by atoms with E-state index in [1.165, 1.54) is 0 Å². The monoisotopic (exact) mass is 313 g/mol. The molecule has 6 heteroatoms. The van der Waals surface area contributed by atoms with Gasteiger partial charge in [-0.3, -0.25) is 4.79 Å². The average Bonchev–Trinajstić information content (AvgIpc) is 2.42. The third kappa shape index (κ3) is 5.75. The van der Waals surface area contributed by atoms with Crippen molar-refractivity contribution in [3.63, 3.8) is 0 Å². The lowest BCUT2D eigenvalue weighted by Crippen LogP contribution is -2.40. The lowest BCUT2D eigenvalue weighted by atomic mass is 10.2. The van der Waals surface area contributed by atoms with E-state index in [1.807, 2.05) is 13.0 Å². The first-order valence-corrected chi connectivity index (χ1v) is 7.40. The molecule has 0 spiro atoms. The van der Waals surface area contributed by atoms with Crippen LogP contribution in [0.15, 0.2) is 18.2 Å². The van der Waals surface area contributed by atoms with Crippen LogP contribution in [0.4, 0.5) is 5.69 Å². The molecule has 0 saturated heterocycles. The molecule has 0 atom stereocenters. The summed E-state index contributed by atoms with van der Waals surface area (Å²) in [6.45, 7) is 4.92. The van der Waals surface area contributed by atoms with Gasteiger partial charge in [-0.1, -0.05) is 31.0 Å².